The Hall–Kier alpha value is -3.37. The molecular weight excluding hydrogens is 432 g/mol. The normalized spacial score (nSPS) is 10.1. The van der Waals surface area contributed by atoms with Gasteiger partial charge in [0.05, 0.1) is 10.7 Å². The number of terminal acetylenes is 1. The van der Waals surface area contributed by atoms with Gasteiger partial charge in [-0.2, -0.15) is 4.98 Å². The number of carbonyl (C=O) groups excluding carboxylic acids is 1. The zero-order chi connectivity index (χ0) is 20.5. The molecule has 29 heavy (non-hydrogen) atoms. The standard InChI is InChI=1S/C22H19BrN4O2/c1-2-13-29-21-19(23)15-24-22(27-21)26-18-10-6-9-17(14-18)25-20(28)12-11-16-7-4-3-5-8-16/h1,3-10,14-15H,11-13H2,(H,25,28)(H,24,26,27). The van der Waals surface area contributed by atoms with Gasteiger partial charge >= 0.3 is 0 Å². The molecule has 2 N–H and O–H groups in total. The molecule has 7 heteroatoms. The minimum absolute atomic E-state index is 0.0455. The van der Waals surface area contributed by atoms with Gasteiger partial charge in [0.1, 0.15) is 0 Å². The van der Waals surface area contributed by atoms with E-state index in [4.69, 9.17) is 11.2 Å². The number of hydrogen-bond acceptors (Lipinski definition) is 5. The Morgan fingerprint density at radius 3 is 2.72 bits per heavy atom. The Kier molecular flexibility index (Phi) is 7.20. The summed E-state index contributed by atoms with van der Waals surface area (Å²) in [5.41, 5.74) is 2.55. The average Bonchev–Trinajstić information content (AvgIpc) is 2.74. The Balaban J connectivity index is 1.61. The predicted octanol–water partition coefficient (Wildman–Crippen LogP) is 4.57. The van der Waals surface area contributed by atoms with Crippen molar-refractivity contribution in [3.8, 4) is 18.2 Å². The van der Waals surface area contributed by atoms with E-state index in [1.54, 1.807) is 6.20 Å². The zero-order valence-corrected chi connectivity index (χ0v) is 17.1. The van der Waals surface area contributed by atoms with E-state index in [2.05, 4.69) is 42.5 Å². The molecule has 0 spiro atoms. The number of benzene rings is 2. The minimum Gasteiger partial charge on any atom is -0.464 e. The van der Waals surface area contributed by atoms with Gasteiger partial charge in [-0.3, -0.25) is 4.79 Å². The Morgan fingerprint density at radius 1 is 1.14 bits per heavy atom. The van der Waals surface area contributed by atoms with Crippen molar-refractivity contribution in [1.29, 1.82) is 0 Å². The third-order valence-electron chi connectivity index (χ3n) is 3.89. The van der Waals surface area contributed by atoms with Crippen LogP contribution >= 0.6 is 15.9 Å². The number of nitrogens with zero attached hydrogens (tertiary/aromatic N) is 2. The summed E-state index contributed by atoms with van der Waals surface area (Å²) in [7, 11) is 0. The molecule has 0 unspecified atom stereocenters. The number of halogens is 1. The van der Waals surface area contributed by atoms with Gasteiger partial charge < -0.3 is 15.4 Å². The van der Waals surface area contributed by atoms with Gasteiger partial charge in [-0.15, -0.1) is 6.42 Å². The second-order valence-electron chi connectivity index (χ2n) is 6.08. The Morgan fingerprint density at radius 2 is 1.93 bits per heavy atom. The number of nitrogens with one attached hydrogen (secondary N) is 2. The van der Waals surface area contributed by atoms with Gasteiger partial charge in [-0.05, 0) is 46.1 Å². The predicted molar refractivity (Wildman–Crippen MR) is 117 cm³/mol. The molecule has 0 aliphatic rings. The average molecular weight is 451 g/mol. The second-order valence-corrected chi connectivity index (χ2v) is 6.93. The molecule has 1 aromatic heterocycles. The number of amides is 1. The molecule has 1 amide bonds. The van der Waals surface area contributed by atoms with Crippen molar-refractivity contribution in [3.05, 3.63) is 70.8 Å². The molecule has 0 saturated heterocycles. The van der Waals surface area contributed by atoms with Crippen LogP contribution in [0.15, 0.2) is 65.3 Å². The Labute approximate surface area is 177 Å². The van der Waals surface area contributed by atoms with E-state index in [9.17, 15) is 4.79 Å². The lowest BCUT2D eigenvalue weighted by Crippen LogP contribution is -2.12. The first kappa shape index (κ1) is 20.4. The van der Waals surface area contributed by atoms with Crippen molar-refractivity contribution < 1.29 is 9.53 Å². The van der Waals surface area contributed by atoms with Crippen LogP contribution in [-0.2, 0) is 11.2 Å². The first-order valence-electron chi connectivity index (χ1n) is 8.93. The number of carbonyl (C=O) groups is 1. The number of anilines is 3. The highest BCUT2D eigenvalue weighted by atomic mass is 79.9. The van der Waals surface area contributed by atoms with Crippen LogP contribution in [0.4, 0.5) is 17.3 Å². The highest BCUT2D eigenvalue weighted by molar-refractivity contribution is 9.10. The number of aromatic nitrogens is 2. The molecule has 0 radical (unpaired) electrons. The summed E-state index contributed by atoms with van der Waals surface area (Å²) < 4.78 is 5.98. The van der Waals surface area contributed by atoms with Crippen molar-refractivity contribution >= 4 is 39.2 Å². The van der Waals surface area contributed by atoms with Crippen LogP contribution in [0.25, 0.3) is 0 Å². The SMILES string of the molecule is C#CCOc1nc(Nc2cccc(NC(=O)CCc3ccccc3)c2)ncc1Br. The number of aryl methyl sites for hydroxylation is 1. The van der Waals surface area contributed by atoms with Gasteiger partial charge in [0.15, 0.2) is 6.61 Å². The number of ether oxygens (including phenoxy) is 1. The second kappa shape index (κ2) is 10.2. The van der Waals surface area contributed by atoms with Crippen LogP contribution in [-0.4, -0.2) is 22.5 Å². The van der Waals surface area contributed by atoms with Crippen LogP contribution in [0.2, 0.25) is 0 Å². The summed E-state index contributed by atoms with van der Waals surface area (Å²) in [5, 5.41) is 6.01. The maximum absolute atomic E-state index is 12.2. The molecule has 2 aromatic carbocycles. The van der Waals surface area contributed by atoms with Crippen molar-refractivity contribution in [3.63, 3.8) is 0 Å². The summed E-state index contributed by atoms with van der Waals surface area (Å²) in [5.74, 6) is 3.06. The van der Waals surface area contributed by atoms with Crippen LogP contribution in [0.1, 0.15) is 12.0 Å². The molecule has 3 rings (SSSR count). The van der Waals surface area contributed by atoms with E-state index in [-0.39, 0.29) is 12.5 Å². The topological polar surface area (TPSA) is 76.1 Å². The third-order valence-corrected chi connectivity index (χ3v) is 4.43. The summed E-state index contributed by atoms with van der Waals surface area (Å²) in [4.78, 5) is 20.7. The number of hydrogen-bond donors (Lipinski definition) is 2. The van der Waals surface area contributed by atoms with E-state index in [1.807, 2.05) is 54.6 Å². The monoisotopic (exact) mass is 450 g/mol. The summed E-state index contributed by atoms with van der Waals surface area (Å²) in [6.45, 7) is 0.111. The maximum Gasteiger partial charge on any atom is 0.233 e. The molecule has 0 saturated carbocycles. The van der Waals surface area contributed by atoms with Crippen molar-refractivity contribution in [2.45, 2.75) is 12.8 Å². The number of rotatable bonds is 8. The maximum atomic E-state index is 12.2. The Bertz CT molecular complexity index is 1020. The molecule has 146 valence electrons. The quantitative estimate of drug-likeness (QED) is 0.491. The fourth-order valence-electron chi connectivity index (χ4n) is 2.55. The zero-order valence-electron chi connectivity index (χ0n) is 15.6. The van der Waals surface area contributed by atoms with Gasteiger partial charge in [0.25, 0.3) is 0 Å². The van der Waals surface area contributed by atoms with E-state index in [0.29, 0.717) is 34.8 Å². The van der Waals surface area contributed by atoms with Gasteiger partial charge in [0, 0.05) is 17.8 Å². The molecule has 0 aliphatic carbocycles. The molecule has 1 heterocycles. The van der Waals surface area contributed by atoms with E-state index in [0.717, 1.165) is 11.3 Å². The molecule has 0 atom stereocenters. The minimum atomic E-state index is -0.0455. The fraction of sp³-hybridized carbons (Fsp3) is 0.136. The highest BCUT2D eigenvalue weighted by Crippen LogP contribution is 2.24. The fourth-order valence-corrected chi connectivity index (χ4v) is 2.86. The van der Waals surface area contributed by atoms with Crippen LogP contribution < -0.4 is 15.4 Å². The highest BCUT2D eigenvalue weighted by Gasteiger charge is 2.08. The van der Waals surface area contributed by atoms with Crippen LogP contribution in [0.3, 0.4) is 0 Å². The lowest BCUT2D eigenvalue weighted by Gasteiger charge is -2.10. The first-order valence-corrected chi connectivity index (χ1v) is 9.73. The molecule has 0 fully saturated rings. The van der Waals surface area contributed by atoms with Crippen molar-refractivity contribution in [2.75, 3.05) is 17.2 Å². The summed E-state index contributed by atoms with van der Waals surface area (Å²) in [6, 6.07) is 17.3. The third kappa shape index (κ3) is 6.33. The van der Waals surface area contributed by atoms with E-state index < -0.39 is 0 Å². The van der Waals surface area contributed by atoms with Gasteiger partial charge in [0.2, 0.25) is 17.7 Å². The van der Waals surface area contributed by atoms with E-state index >= 15 is 0 Å². The van der Waals surface area contributed by atoms with Gasteiger partial charge in [-0.25, -0.2) is 4.98 Å². The molecule has 6 nitrogen and oxygen atoms in total. The van der Waals surface area contributed by atoms with E-state index in [1.165, 1.54) is 0 Å². The van der Waals surface area contributed by atoms with Gasteiger partial charge in [-0.1, -0.05) is 42.3 Å². The summed E-state index contributed by atoms with van der Waals surface area (Å²) in [6.07, 6.45) is 7.90. The van der Waals surface area contributed by atoms with Crippen molar-refractivity contribution in [1.82, 2.24) is 9.97 Å². The molecule has 3 aromatic rings. The van der Waals surface area contributed by atoms with Crippen LogP contribution in [0.5, 0.6) is 5.88 Å². The smallest absolute Gasteiger partial charge is 0.233 e. The molecule has 0 aliphatic heterocycles. The van der Waals surface area contributed by atoms with Crippen molar-refractivity contribution in [2.24, 2.45) is 0 Å². The van der Waals surface area contributed by atoms with Crippen LogP contribution in [0, 0.1) is 12.3 Å². The summed E-state index contributed by atoms with van der Waals surface area (Å²) >= 11 is 3.32. The lowest BCUT2D eigenvalue weighted by atomic mass is 10.1. The lowest BCUT2D eigenvalue weighted by molar-refractivity contribution is -0.116. The first-order chi connectivity index (χ1) is 14.1. The largest absolute Gasteiger partial charge is 0.464 e. The molecule has 0 bridgehead atoms. The molecular formula is C22H19BrN4O2.